The number of methoxy groups -OCH3 is 1. The first-order chi connectivity index (χ1) is 11.1. The Morgan fingerprint density at radius 3 is 2.74 bits per heavy atom. The molecule has 2 aromatic rings. The lowest BCUT2D eigenvalue weighted by Crippen LogP contribution is -2.27. The Balaban J connectivity index is 1.93. The summed E-state index contributed by atoms with van der Waals surface area (Å²) >= 11 is 6.46. The summed E-state index contributed by atoms with van der Waals surface area (Å²) in [6.45, 7) is 0. The lowest BCUT2D eigenvalue weighted by atomic mass is 10.2. The highest BCUT2D eigenvalue weighted by Gasteiger charge is 2.33. The third kappa shape index (κ3) is 3.28. The van der Waals surface area contributed by atoms with Crippen LogP contribution in [-0.4, -0.2) is 17.3 Å². The van der Waals surface area contributed by atoms with Crippen molar-refractivity contribution in [1.82, 2.24) is 0 Å². The Hall–Kier alpha value is -2.18. The summed E-state index contributed by atoms with van der Waals surface area (Å²) in [6, 6.07) is 13.2. The minimum absolute atomic E-state index is 0.256. The van der Waals surface area contributed by atoms with Crippen LogP contribution >= 0.6 is 24.0 Å². The predicted octanol–water partition coefficient (Wildman–Crippen LogP) is 4.24. The molecule has 0 unspecified atom stereocenters. The van der Waals surface area contributed by atoms with Gasteiger partial charge in [0.15, 0.2) is 4.32 Å². The maximum absolute atomic E-state index is 13.4. The van der Waals surface area contributed by atoms with Gasteiger partial charge in [0.05, 0.1) is 17.7 Å². The number of benzene rings is 2. The molecular formula is C17H12FNO2S2. The molecule has 0 saturated carbocycles. The molecule has 0 N–H and O–H groups in total. The fraction of sp³-hybridized carbons (Fsp3) is 0.0588. The molecule has 1 aliphatic rings. The van der Waals surface area contributed by atoms with Gasteiger partial charge in [-0.15, -0.1) is 0 Å². The molecule has 1 aliphatic heterocycles. The monoisotopic (exact) mass is 345 g/mol. The fourth-order valence-electron chi connectivity index (χ4n) is 2.19. The molecule has 116 valence electrons. The van der Waals surface area contributed by atoms with Gasteiger partial charge in [0.25, 0.3) is 5.91 Å². The molecule has 0 spiro atoms. The van der Waals surface area contributed by atoms with Crippen LogP contribution < -0.4 is 9.64 Å². The zero-order valence-corrected chi connectivity index (χ0v) is 13.8. The maximum atomic E-state index is 13.4. The lowest BCUT2D eigenvalue weighted by molar-refractivity contribution is -0.113. The van der Waals surface area contributed by atoms with E-state index in [-0.39, 0.29) is 5.91 Å². The maximum Gasteiger partial charge on any atom is 0.270 e. The van der Waals surface area contributed by atoms with Crippen molar-refractivity contribution in [3.8, 4) is 5.75 Å². The first-order valence-corrected chi connectivity index (χ1v) is 7.98. The van der Waals surface area contributed by atoms with E-state index in [9.17, 15) is 9.18 Å². The molecule has 0 bridgehead atoms. The number of ether oxygens (including phenoxy) is 1. The van der Waals surface area contributed by atoms with E-state index in [4.69, 9.17) is 17.0 Å². The lowest BCUT2D eigenvalue weighted by Gasteiger charge is -2.14. The van der Waals surface area contributed by atoms with Gasteiger partial charge in [-0.3, -0.25) is 9.69 Å². The van der Waals surface area contributed by atoms with Gasteiger partial charge in [-0.1, -0.05) is 42.2 Å². The van der Waals surface area contributed by atoms with E-state index in [1.54, 1.807) is 25.3 Å². The van der Waals surface area contributed by atoms with E-state index in [0.29, 0.717) is 20.7 Å². The second-order valence-corrected chi connectivity index (χ2v) is 6.45. The van der Waals surface area contributed by atoms with Gasteiger partial charge in [0.1, 0.15) is 11.6 Å². The van der Waals surface area contributed by atoms with Crippen LogP contribution in [0.2, 0.25) is 0 Å². The predicted molar refractivity (Wildman–Crippen MR) is 95.0 cm³/mol. The summed E-state index contributed by atoms with van der Waals surface area (Å²) < 4.78 is 18.9. The van der Waals surface area contributed by atoms with Crippen molar-refractivity contribution in [2.75, 3.05) is 12.0 Å². The zero-order chi connectivity index (χ0) is 16.4. The normalized spacial score (nSPS) is 16.3. The van der Waals surface area contributed by atoms with Gasteiger partial charge in [-0.05, 0) is 42.0 Å². The Kier molecular flexibility index (Phi) is 4.45. The Morgan fingerprint density at radius 2 is 2.00 bits per heavy atom. The number of amides is 1. The number of rotatable bonds is 3. The van der Waals surface area contributed by atoms with Crippen LogP contribution in [0.5, 0.6) is 5.75 Å². The van der Waals surface area contributed by atoms with Crippen molar-refractivity contribution in [1.29, 1.82) is 0 Å². The highest BCUT2D eigenvalue weighted by molar-refractivity contribution is 8.27. The summed E-state index contributed by atoms with van der Waals surface area (Å²) in [4.78, 5) is 14.4. The molecule has 0 radical (unpaired) electrons. The second-order valence-electron chi connectivity index (χ2n) is 4.77. The molecule has 23 heavy (non-hydrogen) atoms. The van der Waals surface area contributed by atoms with Crippen LogP contribution in [0.4, 0.5) is 10.1 Å². The third-order valence-electron chi connectivity index (χ3n) is 3.25. The minimum Gasteiger partial charge on any atom is -0.497 e. The molecule has 1 heterocycles. The number of thiocarbonyl (C=S) groups is 1. The van der Waals surface area contributed by atoms with Gasteiger partial charge in [-0.25, -0.2) is 4.39 Å². The third-order valence-corrected chi connectivity index (χ3v) is 4.55. The van der Waals surface area contributed by atoms with E-state index >= 15 is 0 Å². The second kappa shape index (κ2) is 6.52. The SMILES string of the molecule is COc1cccc(/C=C2\SC(=S)N(c3cccc(F)c3)C2=O)c1. The largest absolute Gasteiger partial charge is 0.497 e. The van der Waals surface area contributed by atoms with Gasteiger partial charge >= 0.3 is 0 Å². The number of carbonyl (C=O) groups excluding carboxylic acids is 1. The molecule has 1 saturated heterocycles. The van der Waals surface area contributed by atoms with Gasteiger partial charge in [0, 0.05) is 0 Å². The van der Waals surface area contributed by atoms with Crippen molar-refractivity contribution >= 4 is 46.0 Å². The number of hydrogen-bond acceptors (Lipinski definition) is 4. The van der Waals surface area contributed by atoms with Crippen molar-refractivity contribution in [2.45, 2.75) is 0 Å². The average molecular weight is 345 g/mol. The first-order valence-electron chi connectivity index (χ1n) is 6.76. The number of carbonyl (C=O) groups is 1. The standard InChI is InChI=1S/C17H12FNO2S2/c1-21-14-7-2-4-11(8-14)9-15-16(20)19(17(22)23-15)13-6-3-5-12(18)10-13/h2-10H,1H3/b15-9-. The summed E-state index contributed by atoms with van der Waals surface area (Å²) in [5.41, 5.74) is 1.27. The molecule has 1 amide bonds. The molecule has 0 atom stereocenters. The Bertz CT molecular complexity index is 820. The van der Waals surface area contributed by atoms with Gasteiger partial charge < -0.3 is 4.74 Å². The number of hydrogen-bond donors (Lipinski definition) is 0. The van der Waals surface area contributed by atoms with Crippen molar-refractivity contribution in [3.63, 3.8) is 0 Å². The molecule has 0 aliphatic carbocycles. The van der Waals surface area contributed by atoms with Crippen LogP contribution in [0.15, 0.2) is 53.4 Å². The average Bonchev–Trinajstić information content (AvgIpc) is 2.81. The Morgan fingerprint density at radius 1 is 1.22 bits per heavy atom. The number of anilines is 1. The molecule has 2 aromatic carbocycles. The Labute approximate surface area is 142 Å². The number of halogens is 1. The molecule has 6 heteroatoms. The van der Waals surface area contributed by atoms with E-state index in [1.807, 2.05) is 24.3 Å². The number of nitrogens with zero attached hydrogens (tertiary/aromatic N) is 1. The summed E-state index contributed by atoms with van der Waals surface area (Å²) in [5.74, 6) is 0.0427. The van der Waals surface area contributed by atoms with Crippen molar-refractivity contribution < 1.29 is 13.9 Å². The summed E-state index contributed by atoms with van der Waals surface area (Å²) in [6.07, 6.45) is 1.75. The zero-order valence-electron chi connectivity index (χ0n) is 12.2. The smallest absolute Gasteiger partial charge is 0.270 e. The van der Waals surface area contributed by atoms with E-state index < -0.39 is 5.82 Å². The first kappa shape index (κ1) is 15.7. The van der Waals surface area contributed by atoms with Gasteiger partial charge in [0.2, 0.25) is 0 Å². The fourth-order valence-corrected chi connectivity index (χ4v) is 3.49. The molecule has 3 nitrogen and oxygen atoms in total. The van der Waals surface area contributed by atoms with Crippen LogP contribution in [0.3, 0.4) is 0 Å². The number of thioether (sulfide) groups is 1. The quantitative estimate of drug-likeness (QED) is 0.615. The molecule has 0 aromatic heterocycles. The van der Waals surface area contributed by atoms with E-state index in [0.717, 1.165) is 5.56 Å². The molecule has 1 fully saturated rings. The van der Waals surface area contributed by atoms with Crippen LogP contribution in [-0.2, 0) is 4.79 Å². The van der Waals surface area contributed by atoms with Crippen LogP contribution in [0, 0.1) is 5.82 Å². The minimum atomic E-state index is -0.409. The van der Waals surface area contributed by atoms with E-state index in [1.165, 1.54) is 28.8 Å². The topological polar surface area (TPSA) is 29.5 Å². The van der Waals surface area contributed by atoms with E-state index in [2.05, 4.69) is 0 Å². The summed E-state index contributed by atoms with van der Waals surface area (Å²) in [5, 5.41) is 0. The summed E-state index contributed by atoms with van der Waals surface area (Å²) in [7, 11) is 1.59. The molecular weight excluding hydrogens is 333 g/mol. The highest BCUT2D eigenvalue weighted by Crippen LogP contribution is 2.36. The van der Waals surface area contributed by atoms with Crippen molar-refractivity contribution in [3.05, 3.63) is 64.8 Å². The highest BCUT2D eigenvalue weighted by atomic mass is 32.2. The van der Waals surface area contributed by atoms with Crippen molar-refractivity contribution in [2.24, 2.45) is 0 Å². The van der Waals surface area contributed by atoms with Crippen LogP contribution in [0.25, 0.3) is 6.08 Å². The molecule has 3 rings (SSSR count). The van der Waals surface area contributed by atoms with Gasteiger partial charge in [-0.2, -0.15) is 0 Å². The van der Waals surface area contributed by atoms with Crippen LogP contribution in [0.1, 0.15) is 5.56 Å².